The van der Waals surface area contributed by atoms with E-state index in [4.69, 9.17) is 9.47 Å². The summed E-state index contributed by atoms with van der Waals surface area (Å²) < 4.78 is 12.1. The van der Waals surface area contributed by atoms with Gasteiger partial charge in [0.05, 0.1) is 46.8 Å². The van der Waals surface area contributed by atoms with Gasteiger partial charge in [0, 0.05) is 35.2 Å². The standard InChI is InChI=1S/C23H31N3O4/c1-17-14-21(18(2)26(17)9-8-23(28)30-4)22(27)16-24-10-12-25(13-11-24)19-6-5-7-20(15-19)29-3/h5-7,14-15H,8-13,16H2,1-4H3/p+1. The minimum Gasteiger partial charge on any atom is -0.497 e. The van der Waals surface area contributed by atoms with E-state index in [0.29, 0.717) is 19.5 Å². The average Bonchev–Trinajstić information content (AvgIpc) is 3.06. The van der Waals surface area contributed by atoms with Crippen molar-refractivity contribution in [2.45, 2.75) is 26.8 Å². The van der Waals surface area contributed by atoms with E-state index in [9.17, 15) is 9.59 Å². The molecule has 1 aliphatic rings. The molecule has 0 unspecified atom stereocenters. The molecule has 0 atom stereocenters. The molecule has 7 nitrogen and oxygen atoms in total. The van der Waals surface area contributed by atoms with Gasteiger partial charge in [-0.1, -0.05) is 6.07 Å². The molecule has 3 rings (SSSR count). The molecule has 7 heteroatoms. The Kier molecular flexibility index (Phi) is 7.15. The number of rotatable bonds is 8. The van der Waals surface area contributed by atoms with E-state index < -0.39 is 0 Å². The van der Waals surface area contributed by atoms with Crippen molar-refractivity contribution in [3.63, 3.8) is 0 Å². The third kappa shape index (κ3) is 5.02. The van der Waals surface area contributed by atoms with Gasteiger partial charge in [0.2, 0.25) is 5.78 Å². The largest absolute Gasteiger partial charge is 0.497 e. The quantitative estimate of drug-likeness (QED) is 0.521. The summed E-state index contributed by atoms with van der Waals surface area (Å²) in [6.45, 7) is 8.61. The fourth-order valence-electron chi connectivity index (χ4n) is 4.12. The Hall–Kier alpha value is -2.80. The second kappa shape index (κ2) is 9.80. The van der Waals surface area contributed by atoms with Crippen molar-refractivity contribution in [1.29, 1.82) is 0 Å². The molecular formula is C23H32N3O4+. The Morgan fingerprint density at radius 1 is 1.10 bits per heavy atom. The normalized spacial score (nSPS) is 14.6. The van der Waals surface area contributed by atoms with Gasteiger partial charge in [-0.3, -0.25) is 9.59 Å². The molecule has 1 aromatic heterocycles. The molecule has 1 N–H and O–H groups in total. The highest BCUT2D eigenvalue weighted by Gasteiger charge is 2.25. The van der Waals surface area contributed by atoms with Crippen LogP contribution in [0.25, 0.3) is 0 Å². The van der Waals surface area contributed by atoms with Gasteiger partial charge in [0.25, 0.3) is 0 Å². The molecule has 1 aromatic carbocycles. The molecule has 0 spiro atoms. The topological polar surface area (TPSA) is 65.2 Å². The Labute approximate surface area is 178 Å². The molecule has 162 valence electrons. The number of anilines is 1. The fourth-order valence-corrected chi connectivity index (χ4v) is 4.12. The van der Waals surface area contributed by atoms with Crippen LogP contribution in [0.5, 0.6) is 5.75 Å². The Morgan fingerprint density at radius 2 is 1.83 bits per heavy atom. The number of ketones is 1. The highest BCUT2D eigenvalue weighted by molar-refractivity contribution is 5.98. The molecule has 1 aliphatic heterocycles. The highest BCUT2D eigenvalue weighted by Crippen LogP contribution is 2.21. The van der Waals surface area contributed by atoms with E-state index in [1.807, 2.05) is 36.6 Å². The number of nitrogens with one attached hydrogen (secondary N) is 1. The van der Waals surface area contributed by atoms with Gasteiger partial charge in [-0.2, -0.15) is 0 Å². The monoisotopic (exact) mass is 414 g/mol. The molecule has 0 amide bonds. The lowest BCUT2D eigenvalue weighted by Crippen LogP contribution is -3.15. The lowest BCUT2D eigenvalue weighted by Gasteiger charge is -2.33. The number of piperazine rings is 1. The summed E-state index contributed by atoms with van der Waals surface area (Å²) in [7, 11) is 3.07. The van der Waals surface area contributed by atoms with Gasteiger partial charge in [-0.15, -0.1) is 0 Å². The first-order chi connectivity index (χ1) is 14.4. The second-order valence-electron chi connectivity index (χ2n) is 7.80. The molecular weight excluding hydrogens is 382 g/mol. The van der Waals surface area contributed by atoms with E-state index in [2.05, 4.69) is 17.0 Å². The summed E-state index contributed by atoms with van der Waals surface area (Å²) in [6, 6.07) is 10.1. The van der Waals surface area contributed by atoms with E-state index >= 15 is 0 Å². The molecule has 0 aliphatic carbocycles. The van der Waals surface area contributed by atoms with Crippen LogP contribution in [-0.4, -0.2) is 63.3 Å². The van der Waals surface area contributed by atoms with Crippen LogP contribution in [0.1, 0.15) is 28.2 Å². The number of hydrogen-bond acceptors (Lipinski definition) is 5. The third-order valence-corrected chi connectivity index (χ3v) is 5.94. The number of carbonyl (C=O) groups is 2. The molecule has 1 fully saturated rings. The van der Waals surface area contributed by atoms with Crippen molar-refractivity contribution in [2.75, 3.05) is 51.8 Å². The molecule has 2 heterocycles. The zero-order valence-corrected chi connectivity index (χ0v) is 18.4. The van der Waals surface area contributed by atoms with Gasteiger partial charge < -0.3 is 23.8 Å². The predicted molar refractivity (Wildman–Crippen MR) is 116 cm³/mol. The fraction of sp³-hybridized carbons (Fsp3) is 0.478. The number of benzene rings is 1. The number of carbonyl (C=O) groups excluding carboxylic acids is 2. The van der Waals surface area contributed by atoms with Crippen LogP contribution in [0.3, 0.4) is 0 Å². The molecule has 2 aromatic rings. The lowest BCUT2D eigenvalue weighted by molar-refractivity contribution is -0.892. The Bertz CT molecular complexity index is 898. The van der Waals surface area contributed by atoms with Crippen LogP contribution in [0.15, 0.2) is 30.3 Å². The van der Waals surface area contributed by atoms with E-state index in [1.54, 1.807) is 7.11 Å². The number of aryl methyl sites for hydroxylation is 1. The van der Waals surface area contributed by atoms with Crippen LogP contribution in [0, 0.1) is 13.8 Å². The highest BCUT2D eigenvalue weighted by atomic mass is 16.5. The maximum atomic E-state index is 13.0. The zero-order chi connectivity index (χ0) is 21.7. The number of aromatic nitrogens is 1. The van der Waals surface area contributed by atoms with Crippen molar-refractivity contribution in [3.8, 4) is 5.75 Å². The second-order valence-corrected chi connectivity index (χ2v) is 7.80. The van der Waals surface area contributed by atoms with Gasteiger partial charge in [-0.25, -0.2) is 0 Å². The van der Waals surface area contributed by atoms with Crippen LogP contribution < -0.4 is 14.5 Å². The first-order valence-corrected chi connectivity index (χ1v) is 10.4. The number of esters is 1. The number of quaternary nitrogens is 1. The smallest absolute Gasteiger partial charge is 0.307 e. The minimum absolute atomic E-state index is 0.164. The minimum atomic E-state index is -0.242. The van der Waals surface area contributed by atoms with Gasteiger partial charge in [-0.05, 0) is 32.0 Å². The Morgan fingerprint density at radius 3 is 2.50 bits per heavy atom. The van der Waals surface area contributed by atoms with Crippen LogP contribution in [0.2, 0.25) is 0 Å². The number of ether oxygens (including phenoxy) is 2. The van der Waals surface area contributed by atoms with Crippen molar-refractivity contribution in [3.05, 3.63) is 47.3 Å². The van der Waals surface area contributed by atoms with Crippen LogP contribution in [-0.2, 0) is 16.1 Å². The van der Waals surface area contributed by atoms with Gasteiger partial charge in [0.15, 0.2) is 0 Å². The number of methoxy groups -OCH3 is 2. The average molecular weight is 415 g/mol. The summed E-state index contributed by atoms with van der Waals surface area (Å²) in [5, 5.41) is 0. The summed E-state index contributed by atoms with van der Waals surface area (Å²) in [4.78, 5) is 28.1. The number of nitrogens with zero attached hydrogens (tertiary/aromatic N) is 2. The van der Waals surface area contributed by atoms with Crippen molar-refractivity contribution in [2.24, 2.45) is 0 Å². The van der Waals surface area contributed by atoms with E-state index in [0.717, 1.165) is 54.6 Å². The van der Waals surface area contributed by atoms with Gasteiger partial charge >= 0.3 is 5.97 Å². The predicted octanol–water partition coefficient (Wildman–Crippen LogP) is 1.26. The number of hydrogen-bond donors (Lipinski definition) is 1. The maximum absolute atomic E-state index is 13.0. The summed E-state index contributed by atoms with van der Waals surface area (Å²) in [5.74, 6) is 0.783. The molecule has 0 radical (unpaired) electrons. The maximum Gasteiger partial charge on any atom is 0.307 e. The van der Waals surface area contributed by atoms with Crippen LogP contribution in [0.4, 0.5) is 5.69 Å². The first-order valence-electron chi connectivity index (χ1n) is 10.4. The summed E-state index contributed by atoms with van der Waals surface area (Å²) in [5.41, 5.74) is 3.85. The molecule has 0 saturated carbocycles. The molecule has 1 saturated heterocycles. The zero-order valence-electron chi connectivity index (χ0n) is 18.4. The van der Waals surface area contributed by atoms with Gasteiger partial charge in [0.1, 0.15) is 12.3 Å². The van der Waals surface area contributed by atoms with E-state index in [1.165, 1.54) is 12.0 Å². The van der Waals surface area contributed by atoms with Crippen molar-refractivity contribution < 1.29 is 24.0 Å². The molecule has 0 bridgehead atoms. The SMILES string of the molecule is COC(=O)CCn1c(C)cc(C(=O)C[NH+]2CCN(c3cccc(OC)c3)CC2)c1C. The summed E-state index contributed by atoms with van der Waals surface area (Å²) in [6.07, 6.45) is 0.304. The third-order valence-electron chi connectivity index (χ3n) is 5.94. The van der Waals surface area contributed by atoms with Crippen molar-refractivity contribution in [1.82, 2.24) is 4.57 Å². The lowest BCUT2D eigenvalue weighted by atomic mass is 10.1. The molecule has 30 heavy (non-hydrogen) atoms. The first kappa shape index (κ1) is 21.9. The number of Topliss-reactive ketones (excluding diaryl/α,β-unsaturated/α-hetero) is 1. The van der Waals surface area contributed by atoms with Crippen molar-refractivity contribution >= 4 is 17.4 Å². The van der Waals surface area contributed by atoms with E-state index in [-0.39, 0.29) is 11.8 Å². The Balaban J connectivity index is 1.57. The summed E-state index contributed by atoms with van der Waals surface area (Å²) >= 11 is 0. The van der Waals surface area contributed by atoms with Crippen LogP contribution >= 0.6 is 0 Å².